The summed E-state index contributed by atoms with van der Waals surface area (Å²) in [5.74, 6) is 1.87. The molecule has 0 aliphatic heterocycles. The summed E-state index contributed by atoms with van der Waals surface area (Å²) in [7, 11) is 1.79. The number of aromatic nitrogens is 2. The van der Waals surface area contributed by atoms with Gasteiger partial charge in [0.2, 0.25) is 0 Å². The second-order valence-corrected chi connectivity index (χ2v) is 6.05. The standard InChI is InChI=1S/C21H25N5/c1-22-21(25-16-18-8-4-2-5-9-18)24-13-12-20-23-14-15-26(20)17-19-10-6-3-7-11-19/h2-11,14-15H,12-13,16-17H2,1H3,(H2,22,24,25). The van der Waals surface area contributed by atoms with Crippen molar-refractivity contribution in [2.45, 2.75) is 19.5 Å². The first-order valence-corrected chi connectivity index (χ1v) is 8.87. The van der Waals surface area contributed by atoms with Crippen LogP contribution in [0.4, 0.5) is 0 Å². The van der Waals surface area contributed by atoms with E-state index in [2.05, 4.69) is 61.6 Å². The minimum Gasteiger partial charge on any atom is -0.356 e. The van der Waals surface area contributed by atoms with Crippen LogP contribution < -0.4 is 10.6 Å². The van der Waals surface area contributed by atoms with Crippen LogP contribution in [0.15, 0.2) is 78.0 Å². The number of nitrogens with one attached hydrogen (secondary N) is 2. The smallest absolute Gasteiger partial charge is 0.191 e. The van der Waals surface area contributed by atoms with E-state index in [1.54, 1.807) is 7.05 Å². The zero-order valence-electron chi connectivity index (χ0n) is 15.1. The fraction of sp³-hybridized carbons (Fsp3) is 0.238. The number of imidazole rings is 1. The summed E-state index contributed by atoms with van der Waals surface area (Å²) in [5, 5.41) is 6.69. The van der Waals surface area contributed by atoms with Crippen LogP contribution in [0, 0.1) is 0 Å². The molecule has 0 atom stereocenters. The van der Waals surface area contributed by atoms with Gasteiger partial charge in [0.1, 0.15) is 5.82 Å². The Morgan fingerprint density at radius 3 is 2.35 bits per heavy atom. The molecule has 0 saturated heterocycles. The van der Waals surface area contributed by atoms with Crippen molar-refractivity contribution in [2.75, 3.05) is 13.6 Å². The molecule has 0 spiro atoms. The molecule has 5 heteroatoms. The largest absolute Gasteiger partial charge is 0.356 e. The Morgan fingerprint density at radius 1 is 0.962 bits per heavy atom. The Hall–Kier alpha value is -3.08. The molecule has 1 aromatic heterocycles. The molecule has 0 aliphatic rings. The van der Waals surface area contributed by atoms with E-state index in [-0.39, 0.29) is 0 Å². The normalized spacial score (nSPS) is 11.3. The van der Waals surface area contributed by atoms with Crippen molar-refractivity contribution in [3.63, 3.8) is 0 Å². The predicted octanol–water partition coefficient (Wildman–Crippen LogP) is 2.84. The van der Waals surface area contributed by atoms with E-state index in [0.29, 0.717) is 0 Å². The number of hydrogen-bond acceptors (Lipinski definition) is 2. The summed E-state index contributed by atoms with van der Waals surface area (Å²) in [6.45, 7) is 2.38. The van der Waals surface area contributed by atoms with Gasteiger partial charge in [0.25, 0.3) is 0 Å². The Bertz CT molecular complexity index is 809. The van der Waals surface area contributed by atoms with Gasteiger partial charge in [-0.3, -0.25) is 4.99 Å². The van der Waals surface area contributed by atoms with Gasteiger partial charge in [-0.25, -0.2) is 4.98 Å². The second kappa shape index (κ2) is 9.42. The van der Waals surface area contributed by atoms with Crippen molar-refractivity contribution in [1.82, 2.24) is 20.2 Å². The highest BCUT2D eigenvalue weighted by molar-refractivity contribution is 5.79. The van der Waals surface area contributed by atoms with E-state index in [1.165, 1.54) is 11.1 Å². The number of benzene rings is 2. The lowest BCUT2D eigenvalue weighted by Gasteiger charge is -2.12. The van der Waals surface area contributed by atoms with Gasteiger partial charge in [-0.05, 0) is 11.1 Å². The average molecular weight is 347 g/mol. The maximum absolute atomic E-state index is 4.49. The van der Waals surface area contributed by atoms with Crippen molar-refractivity contribution in [3.05, 3.63) is 90.0 Å². The summed E-state index contributed by atoms with van der Waals surface area (Å²) in [5.41, 5.74) is 2.51. The quantitative estimate of drug-likeness (QED) is 0.510. The monoisotopic (exact) mass is 347 g/mol. The van der Waals surface area contributed by atoms with Gasteiger partial charge in [-0.15, -0.1) is 0 Å². The number of nitrogens with zero attached hydrogens (tertiary/aromatic N) is 3. The molecule has 0 radical (unpaired) electrons. The van der Waals surface area contributed by atoms with Gasteiger partial charge >= 0.3 is 0 Å². The maximum atomic E-state index is 4.49. The topological polar surface area (TPSA) is 54.2 Å². The van der Waals surface area contributed by atoms with Gasteiger partial charge in [-0.1, -0.05) is 60.7 Å². The molecule has 0 unspecified atom stereocenters. The third-order valence-electron chi connectivity index (χ3n) is 4.16. The minimum absolute atomic E-state index is 0.753. The van der Waals surface area contributed by atoms with Crippen LogP contribution in [0.2, 0.25) is 0 Å². The van der Waals surface area contributed by atoms with E-state index in [0.717, 1.165) is 37.8 Å². The van der Waals surface area contributed by atoms with Crippen molar-refractivity contribution < 1.29 is 0 Å². The first-order valence-electron chi connectivity index (χ1n) is 8.87. The van der Waals surface area contributed by atoms with Crippen LogP contribution in [0.1, 0.15) is 17.0 Å². The summed E-state index contributed by atoms with van der Waals surface area (Å²) in [6, 6.07) is 20.7. The molecule has 0 amide bonds. The molecule has 2 aromatic carbocycles. The molecule has 5 nitrogen and oxygen atoms in total. The third-order valence-corrected chi connectivity index (χ3v) is 4.16. The molecular weight excluding hydrogens is 322 g/mol. The van der Waals surface area contributed by atoms with Crippen molar-refractivity contribution >= 4 is 5.96 Å². The molecule has 2 N–H and O–H groups in total. The van der Waals surface area contributed by atoms with E-state index >= 15 is 0 Å². The van der Waals surface area contributed by atoms with Crippen molar-refractivity contribution in [1.29, 1.82) is 0 Å². The molecule has 3 aromatic rings. The van der Waals surface area contributed by atoms with Crippen LogP contribution in [0.25, 0.3) is 0 Å². The molecule has 134 valence electrons. The Labute approximate surface area is 154 Å². The lowest BCUT2D eigenvalue weighted by molar-refractivity contribution is 0.694. The van der Waals surface area contributed by atoms with Crippen LogP contribution in [0.3, 0.4) is 0 Å². The number of rotatable bonds is 7. The Morgan fingerprint density at radius 2 is 1.65 bits per heavy atom. The lowest BCUT2D eigenvalue weighted by atomic mass is 10.2. The Balaban J connectivity index is 1.47. The van der Waals surface area contributed by atoms with Gasteiger partial charge in [0.05, 0.1) is 0 Å². The first-order chi connectivity index (χ1) is 12.8. The molecule has 0 bridgehead atoms. The van der Waals surface area contributed by atoms with Crippen LogP contribution >= 0.6 is 0 Å². The van der Waals surface area contributed by atoms with E-state index in [4.69, 9.17) is 0 Å². The minimum atomic E-state index is 0.753. The van der Waals surface area contributed by atoms with E-state index in [1.807, 2.05) is 36.7 Å². The average Bonchev–Trinajstić information content (AvgIpc) is 3.13. The second-order valence-electron chi connectivity index (χ2n) is 6.05. The summed E-state index contributed by atoms with van der Waals surface area (Å²) in [6.07, 6.45) is 4.73. The van der Waals surface area contributed by atoms with Crippen LogP contribution in [0.5, 0.6) is 0 Å². The van der Waals surface area contributed by atoms with Gasteiger partial charge in [0.15, 0.2) is 5.96 Å². The highest BCUT2D eigenvalue weighted by Crippen LogP contribution is 2.05. The number of aliphatic imine (C=N–C) groups is 1. The maximum Gasteiger partial charge on any atom is 0.191 e. The molecule has 0 saturated carbocycles. The summed E-state index contributed by atoms with van der Waals surface area (Å²) in [4.78, 5) is 8.77. The third kappa shape index (κ3) is 5.21. The van der Waals surface area contributed by atoms with Gasteiger partial charge in [0, 0.05) is 45.5 Å². The molecular formula is C21H25N5. The number of guanidine groups is 1. The molecule has 0 aliphatic carbocycles. The van der Waals surface area contributed by atoms with Gasteiger partial charge in [-0.2, -0.15) is 0 Å². The van der Waals surface area contributed by atoms with Crippen LogP contribution in [-0.4, -0.2) is 29.1 Å². The van der Waals surface area contributed by atoms with E-state index in [9.17, 15) is 0 Å². The first kappa shape index (κ1) is 17.7. The van der Waals surface area contributed by atoms with E-state index < -0.39 is 0 Å². The summed E-state index contributed by atoms with van der Waals surface area (Å²) < 4.78 is 2.19. The fourth-order valence-electron chi connectivity index (χ4n) is 2.79. The Kier molecular flexibility index (Phi) is 6.42. The highest BCUT2D eigenvalue weighted by Gasteiger charge is 2.04. The molecule has 26 heavy (non-hydrogen) atoms. The number of hydrogen-bond donors (Lipinski definition) is 2. The van der Waals surface area contributed by atoms with Gasteiger partial charge < -0.3 is 15.2 Å². The highest BCUT2D eigenvalue weighted by atomic mass is 15.2. The molecule has 3 rings (SSSR count). The fourth-order valence-corrected chi connectivity index (χ4v) is 2.79. The molecule has 1 heterocycles. The lowest BCUT2D eigenvalue weighted by Crippen LogP contribution is -2.38. The van der Waals surface area contributed by atoms with Crippen molar-refractivity contribution in [3.8, 4) is 0 Å². The van der Waals surface area contributed by atoms with Crippen molar-refractivity contribution in [2.24, 2.45) is 4.99 Å². The zero-order chi connectivity index (χ0) is 18.0. The van der Waals surface area contributed by atoms with Crippen LogP contribution in [-0.2, 0) is 19.5 Å². The zero-order valence-corrected chi connectivity index (χ0v) is 15.1. The summed E-state index contributed by atoms with van der Waals surface area (Å²) >= 11 is 0. The molecule has 0 fully saturated rings. The predicted molar refractivity (Wildman–Crippen MR) is 106 cm³/mol. The SMILES string of the molecule is CN=C(NCCc1nccn1Cc1ccccc1)NCc1ccccc1.